The van der Waals surface area contributed by atoms with E-state index in [4.69, 9.17) is 5.11 Å². The summed E-state index contributed by atoms with van der Waals surface area (Å²) in [4.78, 5) is 13.8. The Morgan fingerprint density at radius 1 is 1.00 bits per heavy atom. The van der Waals surface area contributed by atoms with E-state index in [0.29, 0.717) is 0 Å². The summed E-state index contributed by atoms with van der Waals surface area (Å²) in [6, 6.07) is 1.69. The van der Waals surface area contributed by atoms with Crippen molar-refractivity contribution in [2.75, 3.05) is 0 Å². The van der Waals surface area contributed by atoms with Crippen molar-refractivity contribution in [3.05, 3.63) is 41.1 Å². The van der Waals surface area contributed by atoms with E-state index in [2.05, 4.69) is 4.98 Å². The van der Waals surface area contributed by atoms with Gasteiger partial charge in [0.1, 0.15) is 11.2 Å². The highest BCUT2D eigenvalue weighted by Gasteiger charge is 2.22. The molecule has 17 heavy (non-hydrogen) atoms. The quantitative estimate of drug-likeness (QED) is 0.477. The van der Waals surface area contributed by atoms with Gasteiger partial charge in [0, 0.05) is 5.39 Å². The minimum absolute atomic E-state index is 0.596. The number of hydrogen-bond donors (Lipinski definition) is 1. The van der Waals surface area contributed by atoms with Crippen LogP contribution in [0.25, 0.3) is 10.9 Å². The molecule has 0 amide bonds. The van der Waals surface area contributed by atoms with Crippen LogP contribution in [0.15, 0.2) is 12.1 Å². The van der Waals surface area contributed by atoms with Crippen molar-refractivity contribution in [2.24, 2.45) is 0 Å². The van der Waals surface area contributed by atoms with Gasteiger partial charge >= 0.3 is 5.97 Å². The molecule has 0 fully saturated rings. The summed E-state index contributed by atoms with van der Waals surface area (Å²) in [5.41, 5.74) is -1.46. The molecule has 1 N–H and O–H groups in total. The Hall–Kier alpha value is -2.18. The lowest BCUT2D eigenvalue weighted by atomic mass is 10.1. The van der Waals surface area contributed by atoms with Crippen molar-refractivity contribution in [2.45, 2.75) is 0 Å². The summed E-state index contributed by atoms with van der Waals surface area (Å²) < 4.78 is 52.2. The van der Waals surface area contributed by atoms with Crippen LogP contribution in [0.3, 0.4) is 0 Å². The van der Waals surface area contributed by atoms with E-state index in [9.17, 15) is 22.4 Å². The zero-order chi connectivity index (χ0) is 12.7. The number of halogens is 4. The number of hydrogen-bond acceptors (Lipinski definition) is 2. The summed E-state index contributed by atoms with van der Waals surface area (Å²) >= 11 is 0. The summed E-state index contributed by atoms with van der Waals surface area (Å²) in [6.45, 7) is 0. The standard InChI is InChI=1S/C10H3F4NO2/c11-5-3-1-2-4(10(16)17)15-9(3)8(14)7(13)6(5)12/h1-2H,(H,16,17). The second-order valence-corrected chi connectivity index (χ2v) is 3.15. The number of aromatic carboxylic acids is 1. The number of fused-ring (bicyclic) bond motifs is 1. The van der Waals surface area contributed by atoms with Crippen LogP contribution < -0.4 is 0 Å². The van der Waals surface area contributed by atoms with Gasteiger partial charge in [0.2, 0.25) is 0 Å². The van der Waals surface area contributed by atoms with E-state index < -0.39 is 45.8 Å². The zero-order valence-electron chi connectivity index (χ0n) is 7.97. The maximum Gasteiger partial charge on any atom is 0.354 e. The number of carbonyl (C=O) groups is 1. The van der Waals surface area contributed by atoms with Crippen LogP contribution >= 0.6 is 0 Å². The fraction of sp³-hybridized carbons (Fsp3) is 0. The first-order valence-electron chi connectivity index (χ1n) is 4.29. The van der Waals surface area contributed by atoms with Gasteiger partial charge in [-0.2, -0.15) is 0 Å². The van der Waals surface area contributed by atoms with E-state index in [1.807, 2.05) is 0 Å². The van der Waals surface area contributed by atoms with E-state index in [1.54, 1.807) is 0 Å². The van der Waals surface area contributed by atoms with Crippen LogP contribution in [-0.4, -0.2) is 16.1 Å². The summed E-state index contributed by atoms with van der Waals surface area (Å²) in [7, 11) is 0. The van der Waals surface area contributed by atoms with Crippen molar-refractivity contribution in [3.8, 4) is 0 Å². The minimum atomic E-state index is -2.02. The second kappa shape index (κ2) is 3.69. The summed E-state index contributed by atoms with van der Waals surface area (Å²) in [6.07, 6.45) is 0. The molecular weight excluding hydrogens is 242 g/mol. The molecule has 7 heteroatoms. The summed E-state index contributed by atoms with van der Waals surface area (Å²) in [5, 5.41) is 7.96. The Morgan fingerprint density at radius 2 is 1.59 bits per heavy atom. The predicted octanol–water partition coefficient (Wildman–Crippen LogP) is 2.49. The molecular formula is C10H3F4NO2. The lowest BCUT2D eigenvalue weighted by Gasteiger charge is -2.04. The molecule has 2 rings (SSSR count). The SMILES string of the molecule is O=C(O)c1ccc2c(F)c(F)c(F)c(F)c2n1. The molecule has 3 nitrogen and oxygen atoms in total. The van der Waals surface area contributed by atoms with E-state index >= 15 is 0 Å². The Labute approximate surface area is 91.3 Å². The predicted molar refractivity (Wildman–Crippen MR) is 48.5 cm³/mol. The number of carboxylic acid groups (broad SMARTS) is 1. The molecule has 0 saturated carbocycles. The number of pyridine rings is 1. The monoisotopic (exact) mass is 245 g/mol. The first-order chi connectivity index (χ1) is 7.93. The van der Waals surface area contributed by atoms with E-state index in [-0.39, 0.29) is 0 Å². The van der Waals surface area contributed by atoms with Gasteiger partial charge in [-0.15, -0.1) is 0 Å². The normalized spacial score (nSPS) is 10.8. The van der Waals surface area contributed by atoms with Crippen molar-refractivity contribution in [1.29, 1.82) is 0 Å². The van der Waals surface area contributed by atoms with Crippen molar-refractivity contribution in [1.82, 2.24) is 4.98 Å². The number of rotatable bonds is 1. The molecule has 0 radical (unpaired) electrons. The molecule has 0 aliphatic carbocycles. The van der Waals surface area contributed by atoms with E-state index in [0.717, 1.165) is 12.1 Å². The maximum atomic E-state index is 13.2. The topological polar surface area (TPSA) is 50.2 Å². The molecule has 0 saturated heterocycles. The van der Waals surface area contributed by atoms with Crippen molar-refractivity contribution >= 4 is 16.9 Å². The Kier molecular flexibility index (Phi) is 2.45. The fourth-order valence-electron chi connectivity index (χ4n) is 1.34. The number of aromatic nitrogens is 1. The van der Waals surface area contributed by atoms with Crippen LogP contribution in [0.5, 0.6) is 0 Å². The Bertz CT molecular complexity index is 642. The molecule has 0 atom stereocenters. The van der Waals surface area contributed by atoms with Gasteiger partial charge in [0.15, 0.2) is 23.3 Å². The third-order valence-electron chi connectivity index (χ3n) is 2.14. The largest absolute Gasteiger partial charge is 0.477 e. The van der Waals surface area contributed by atoms with Gasteiger partial charge in [-0.25, -0.2) is 27.3 Å². The van der Waals surface area contributed by atoms with Gasteiger partial charge in [0.25, 0.3) is 0 Å². The molecule has 1 aromatic carbocycles. The number of nitrogens with zero attached hydrogens (tertiary/aromatic N) is 1. The third kappa shape index (κ3) is 1.59. The zero-order valence-corrected chi connectivity index (χ0v) is 7.97. The van der Waals surface area contributed by atoms with Gasteiger partial charge in [0.05, 0.1) is 0 Å². The summed E-state index contributed by atoms with van der Waals surface area (Å²) in [5.74, 6) is -8.80. The molecule has 1 aromatic heterocycles. The van der Waals surface area contributed by atoms with Gasteiger partial charge < -0.3 is 5.11 Å². The van der Waals surface area contributed by atoms with Crippen LogP contribution in [-0.2, 0) is 0 Å². The molecule has 0 unspecified atom stereocenters. The lowest BCUT2D eigenvalue weighted by Crippen LogP contribution is -2.04. The highest BCUT2D eigenvalue weighted by Crippen LogP contribution is 2.25. The average Bonchev–Trinajstić information content (AvgIpc) is 2.32. The first kappa shape index (κ1) is 11.3. The van der Waals surface area contributed by atoms with Crippen molar-refractivity contribution < 1.29 is 27.5 Å². The number of carboxylic acids is 1. The Morgan fingerprint density at radius 3 is 2.18 bits per heavy atom. The fourth-order valence-corrected chi connectivity index (χ4v) is 1.34. The van der Waals surface area contributed by atoms with Crippen LogP contribution in [0, 0.1) is 23.3 Å². The third-order valence-corrected chi connectivity index (χ3v) is 2.14. The molecule has 0 bridgehead atoms. The van der Waals surface area contributed by atoms with Crippen LogP contribution in [0.1, 0.15) is 10.5 Å². The minimum Gasteiger partial charge on any atom is -0.477 e. The molecule has 1 heterocycles. The first-order valence-corrected chi connectivity index (χ1v) is 4.29. The molecule has 0 aliphatic rings. The highest BCUT2D eigenvalue weighted by atomic mass is 19.2. The van der Waals surface area contributed by atoms with Crippen LogP contribution in [0.4, 0.5) is 17.6 Å². The van der Waals surface area contributed by atoms with Crippen LogP contribution in [0.2, 0.25) is 0 Å². The molecule has 88 valence electrons. The molecule has 0 spiro atoms. The number of benzene rings is 1. The Balaban J connectivity index is 2.91. The second-order valence-electron chi connectivity index (χ2n) is 3.15. The molecule has 2 aromatic rings. The average molecular weight is 245 g/mol. The van der Waals surface area contributed by atoms with Crippen molar-refractivity contribution in [3.63, 3.8) is 0 Å². The lowest BCUT2D eigenvalue weighted by molar-refractivity contribution is 0.0691. The smallest absolute Gasteiger partial charge is 0.354 e. The van der Waals surface area contributed by atoms with E-state index in [1.165, 1.54) is 0 Å². The van der Waals surface area contributed by atoms with Gasteiger partial charge in [-0.3, -0.25) is 0 Å². The highest BCUT2D eigenvalue weighted by molar-refractivity contribution is 5.90. The maximum absolute atomic E-state index is 13.2. The van der Waals surface area contributed by atoms with Gasteiger partial charge in [-0.05, 0) is 12.1 Å². The van der Waals surface area contributed by atoms with Gasteiger partial charge in [-0.1, -0.05) is 0 Å². The molecule has 0 aliphatic heterocycles.